The number of carboxylic acid groups (broad SMARTS) is 1. The number of hydrogen-bond donors (Lipinski definition) is 1. The number of halogens is 1. The molecule has 0 spiro atoms. The van der Waals surface area contributed by atoms with Crippen LogP contribution in [0.2, 0.25) is 5.02 Å². The molecule has 0 unspecified atom stereocenters. The van der Waals surface area contributed by atoms with Gasteiger partial charge in [-0.15, -0.1) is 11.3 Å². The zero-order valence-corrected chi connectivity index (χ0v) is 10.3. The van der Waals surface area contributed by atoms with Crippen LogP contribution in [-0.4, -0.2) is 11.1 Å². The Kier molecular flexibility index (Phi) is 3.61. The van der Waals surface area contributed by atoms with Crippen LogP contribution in [0.25, 0.3) is 11.6 Å². The molecule has 4 heteroatoms. The van der Waals surface area contributed by atoms with Gasteiger partial charge in [0.15, 0.2) is 0 Å². The van der Waals surface area contributed by atoms with Crippen LogP contribution in [-0.2, 0) is 4.79 Å². The van der Waals surface area contributed by atoms with E-state index in [0.717, 1.165) is 10.4 Å². The fourth-order valence-electron chi connectivity index (χ4n) is 1.43. The number of rotatable bonds is 3. The van der Waals surface area contributed by atoms with Crippen molar-refractivity contribution in [2.45, 2.75) is 0 Å². The molecule has 0 radical (unpaired) electrons. The van der Waals surface area contributed by atoms with Gasteiger partial charge in [0.1, 0.15) is 0 Å². The van der Waals surface area contributed by atoms with Gasteiger partial charge in [0.05, 0.1) is 5.57 Å². The highest BCUT2D eigenvalue weighted by atomic mass is 35.5. The Balaban J connectivity index is 2.44. The van der Waals surface area contributed by atoms with E-state index in [0.29, 0.717) is 5.02 Å². The molecular formula is C13H9ClO2S. The lowest BCUT2D eigenvalue weighted by Gasteiger charge is -2.00. The Morgan fingerprint density at radius 1 is 1.29 bits per heavy atom. The predicted molar refractivity (Wildman–Crippen MR) is 71.3 cm³/mol. The molecule has 0 fully saturated rings. The van der Waals surface area contributed by atoms with Gasteiger partial charge in [-0.25, -0.2) is 4.79 Å². The molecule has 1 heterocycles. The van der Waals surface area contributed by atoms with Gasteiger partial charge < -0.3 is 5.11 Å². The van der Waals surface area contributed by atoms with E-state index in [1.165, 1.54) is 11.3 Å². The molecule has 0 aliphatic heterocycles. The highest BCUT2D eigenvalue weighted by Crippen LogP contribution is 2.24. The van der Waals surface area contributed by atoms with Crippen molar-refractivity contribution in [3.63, 3.8) is 0 Å². The molecule has 0 bridgehead atoms. The molecule has 0 aliphatic carbocycles. The molecule has 17 heavy (non-hydrogen) atoms. The van der Waals surface area contributed by atoms with E-state index in [4.69, 9.17) is 11.6 Å². The van der Waals surface area contributed by atoms with Crippen molar-refractivity contribution in [1.29, 1.82) is 0 Å². The lowest BCUT2D eigenvalue weighted by molar-refractivity contribution is -0.130. The average molecular weight is 265 g/mol. The predicted octanol–water partition coefficient (Wildman–Crippen LogP) is 4.03. The number of aliphatic carboxylic acids is 1. The zero-order valence-electron chi connectivity index (χ0n) is 8.76. The molecule has 0 saturated heterocycles. The van der Waals surface area contributed by atoms with Gasteiger partial charge in [-0.2, -0.15) is 0 Å². The Bertz CT molecular complexity index is 559. The third-order valence-electron chi connectivity index (χ3n) is 2.18. The molecule has 1 aromatic heterocycles. The van der Waals surface area contributed by atoms with Crippen LogP contribution in [0.15, 0.2) is 41.8 Å². The van der Waals surface area contributed by atoms with E-state index in [1.807, 2.05) is 17.5 Å². The van der Waals surface area contributed by atoms with Gasteiger partial charge in [-0.1, -0.05) is 29.8 Å². The van der Waals surface area contributed by atoms with E-state index < -0.39 is 5.97 Å². The smallest absolute Gasteiger partial charge is 0.337 e. The maximum atomic E-state index is 11.2. The molecule has 1 N–H and O–H groups in total. The van der Waals surface area contributed by atoms with Gasteiger partial charge >= 0.3 is 5.97 Å². The van der Waals surface area contributed by atoms with Crippen LogP contribution >= 0.6 is 22.9 Å². The van der Waals surface area contributed by atoms with E-state index in [2.05, 4.69) is 0 Å². The van der Waals surface area contributed by atoms with Crippen LogP contribution in [0.1, 0.15) is 10.4 Å². The second kappa shape index (κ2) is 5.17. The van der Waals surface area contributed by atoms with Crippen LogP contribution in [0.3, 0.4) is 0 Å². The van der Waals surface area contributed by atoms with Crippen molar-refractivity contribution >= 4 is 40.6 Å². The summed E-state index contributed by atoms with van der Waals surface area (Å²) in [5, 5.41) is 11.6. The quantitative estimate of drug-likeness (QED) is 0.850. The first-order valence-corrected chi connectivity index (χ1v) is 6.17. The van der Waals surface area contributed by atoms with Crippen LogP contribution < -0.4 is 0 Å². The van der Waals surface area contributed by atoms with Gasteiger partial charge in [0.25, 0.3) is 0 Å². The largest absolute Gasteiger partial charge is 0.478 e. The number of carbonyl (C=O) groups is 1. The summed E-state index contributed by atoms with van der Waals surface area (Å²) in [6.45, 7) is 0. The lowest BCUT2D eigenvalue weighted by atomic mass is 10.1. The number of benzene rings is 1. The Hall–Kier alpha value is -1.58. The minimum atomic E-state index is -0.938. The first-order chi connectivity index (χ1) is 8.16. The van der Waals surface area contributed by atoms with Crippen LogP contribution in [0.5, 0.6) is 0 Å². The van der Waals surface area contributed by atoms with Crippen molar-refractivity contribution in [2.75, 3.05) is 0 Å². The average Bonchev–Trinajstić information content (AvgIpc) is 2.78. The van der Waals surface area contributed by atoms with Crippen LogP contribution in [0, 0.1) is 0 Å². The first-order valence-electron chi connectivity index (χ1n) is 4.91. The molecule has 2 rings (SSSR count). The van der Waals surface area contributed by atoms with E-state index in [9.17, 15) is 9.90 Å². The Morgan fingerprint density at radius 3 is 2.71 bits per heavy atom. The third-order valence-corrected chi connectivity index (χ3v) is 3.31. The molecule has 2 nitrogen and oxygen atoms in total. The Labute approximate surface area is 108 Å². The monoisotopic (exact) mass is 264 g/mol. The summed E-state index contributed by atoms with van der Waals surface area (Å²) in [6, 6.07) is 10.7. The summed E-state index contributed by atoms with van der Waals surface area (Å²) >= 11 is 7.26. The molecule has 86 valence electrons. The normalized spacial score (nSPS) is 11.5. The third kappa shape index (κ3) is 2.96. The molecule has 0 aliphatic rings. The van der Waals surface area contributed by atoms with Crippen molar-refractivity contribution in [3.05, 3.63) is 57.2 Å². The van der Waals surface area contributed by atoms with Crippen molar-refractivity contribution in [1.82, 2.24) is 0 Å². The van der Waals surface area contributed by atoms with Gasteiger partial charge in [-0.05, 0) is 35.2 Å². The SMILES string of the molecule is O=C(O)C(=Cc1cccc(Cl)c1)c1cccs1. The van der Waals surface area contributed by atoms with Crippen LogP contribution in [0.4, 0.5) is 0 Å². The highest BCUT2D eigenvalue weighted by molar-refractivity contribution is 7.11. The van der Waals surface area contributed by atoms with Crippen molar-refractivity contribution in [2.24, 2.45) is 0 Å². The minimum Gasteiger partial charge on any atom is -0.478 e. The second-order valence-electron chi connectivity index (χ2n) is 3.40. The molecule has 2 aromatic rings. The number of carboxylic acids is 1. The summed E-state index contributed by atoms with van der Waals surface area (Å²) in [6.07, 6.45) is 1.63. The fraction of sp³-hybridized carbons (Fsp3) is 0. The number of hydrogen-bond acceptors (Lipinski definition) is 2. The van der Waals surface area contributed by atoms with E-state index >= 15 is 0 Å². The molecule has 0 atom stereocenters. The fourth-order valence-corrected chi connectivity index (χ4v) is 2.37. The van der Waals surface area contributed by atoms with Crippen molar-refractivity contribution < 1.29 is 9.90 Å². The van der Waals surface area contributed by atoms with E-state index in [1.54, 1.807) is 30.3 Å². The van der Waals surface area contributed by atoms with Gasteiger partial charge in [0.2, 0.25) is 0 Å². The van der Waals surface area contributed by atoms with E-state index in [-0.39, 0.29) is 5.57 Å². The summed E-state index contributed by atoms with van der Waals surface area (Å²) in [4.78, 5) is 11.9. The molecule has 1 aromatic carbocycles. The molecule has 0 amide bonds. The van der Waals surface area contributed by atoms with Gasteiger partial charge in [0, 0.05) is 9.90 Å². The maximum absolute atomic E-state index is 11.2. The molecule has 0 saturated carbocycles. The Morgan fingerprint density at radius 2 is 2.12 bits per heavy atom. The lowest BCUT2D eigenvalue weighted by Crippen LogP contribution is -1.97. The first kappa shape index (κ1) is 11.9. The summed E-state index contributed by atoms with van der Waals surface area (Å²) < 4.78 is 0. The second-order valence-corrected chi connectivity index (χ2v) is 4.78. The zero-order chi connectivity index (χ0) is 12.3. The number of thiophene rings is 1. The highest BCUT2D eigenvalue weighted by Gasteiger charge is 2.11. The minimum absolute atomic E-state index is 0.280. The molecular weight excluding hydrogens is 256 g/mol. The standard InChI is InChI=1S/C13H9ClO2S/c14-10-4-1-3-9(7-10)8-11(13(15)16)12-5-2-6-17-12/h1-8H,(H,15,16). The topological polar surface area (TPSA) is 37.3 Å². The summed E-state index contributed by atoms with van der Waals surface area (Å²) in [5.41, 5.74) is 1.06. The van der Waals surface area contributed by atoms with Crippen molar-refractivity contribution in [3.8, 4) is 0 Å². The van der Waals surface area contributed by atoms with Gasteiger partial charge in [-0.3, -0.25) is 0 Å². The summed E-state index contributed by atoms with van der Waals surface area (Å²) in [7, 11) is 0. The summed E-state index contributed by atoms with van der Waals surface area (Å²) in [5.74, 6) is -0.938. The maximum Gasteiger partial charge on any atom is 0.337 e.